The van der Waals surface area contributed by atoms with Crippen LogP contribution in [-0.2, 0) is 9.47 Å². The van der Waals surface area contributed by atoms with Crippen molar-refractivity contribution in [3.8, 4) is 0 Å². The number of halogens is 1. The predicted octanol–water partition coefficient (Wildman–Crippen LogP) is 2.75. The first-order chi connectivity index (χ1) is 8.65. The molecule has 18 heavy (non-hydrogen) atoms. The fourth-order valence-electron chi connectivity index (χ4n) is 2.17. The maximum Gasteiger partial charge on any atom is 0.106 e. The van der Waals surface area contributed by atoms with E-state index in [1.165, 1.54) is 9.13 Å². The van der Waals surface area contributed by atoms with Crippen LogP contribution in [0.3, 0.4) is 0 Å². The minimum atomic E-state index is -0.141. The summed E-state index contributed by atoms with van der Waals surface area (Å²) in [6.45, 7) is 4.50. The van der Waals surface area contributed by atoms with Crippen molar-refractivity contribution in [1.82, 2.24) is 5.32 Å². The number of rotatable bonds is 5. The third-order valence-corrected chi connectivity index (χ3v) is 4.32. The van der Waals surface area contributed by atoms with E-state index < -0.39 is 0 Å². The SMILES string of the molecule is COC1(CNC(C)c2ccc(I)cc2)CCOC1. The Kier molecular flexibility index (Phi) is 5.00. The maximum absolute atomic E-state index is 5.62. The van der Waals surface area contributed by atoms with Crippen molar-refractivity contribution in [2.75, 3.05) is 26.9 Å². The Bertz CT molecular complexity index is 374. The van der Waals surface area contributed by atoms with E-state index in [4.69, 9.17) is 9.47 Å². The van der Waals surface area contributed by atoms with E-state index in [2.05, 4.69) is 59.1 Å². The molecule has 1 saturated heterocycles. The zero-order valence-electron chi connectivity index (χ0n) is 10.9. The second-order valence-electron chi connectivity index (χ2n) is 4.84. The van der Waals surface area contributed by atoms with Gasteiger partial charge in [0.05, 0.1) is 6.61 Å². The van der Waals surface area contributed by atoms with E-state index in [0.29, 0.717) is 12.6 Å². The summed E-state index contributed by atoms with van der Waals surface area (Å²) < 4.78 is 12.3. The highest BCUT2D eigenvalue weighted by molar-refractivity contribution is 14.1. The van der Waals surface area contributed by atoms with Gasteiger partial charge >= 0.3 is 0 Å². The van der Waals surface area contributed by atoms with Crippen molar-refractivity contribution in [3.05, 3.63) is 33.4 Å². The average Bonchev–Trinajstić information content (AvgIpc) is 2.86. The minimum absolute atomic E-state index is 0.141. The summed E-state index contributed by atoms with van der Waals surface area (Å²) >= 11 is 2.32. The molecular formula is C14H20INO2. The molecule has 2 unspecified atom stereocenters. The lowest BCUT2D eigenvalue weighted by atomic mass is 10.0. The van der Waals surface area contributed by atoms with Gasteiger partial charge in [-0.3, -0.25) is 0 Å². The van der Waals surface area contributed by atoms with Gasteiger partial charge in [0.15, 0.2) is 0 Å². The summed E-state index contributed by atoms with van der Waals surface area (Å²) in [4.78, 5) is 0. The molecule has 100 valence electrons. The maximum atomic E-state index is 5.62. The Morgan fingerprint density at radius 3 is 2.72 bits per heavy atom. The van der Waals surface area contributed by atoms with Crippen LogP contribution in [0.1, 0.15) is 24.9 Å². The van der Waals surface area contributed by atoms with Gasteiger partial charge in [-0.05, 0) is 47.2 Å². The van der Waals surface area contributed by atoms with Crippen molar-refractivity contribution >= 4 is 22.6 Å². The first kappa shape index (κ1) is 14.2. The smallest absolute Gasteiger partial charge is 0.106 e. The van der Waals surface area contributed by atoms with E-state index in [1.807, 2.05) is 0 Å². The van der Waals surface area contributed by atoms with Gasteiger partial charge in [0, 0.05) is 36.3 Å². The summed E-state index contributed by atoms with van der Waals surface area (Å²) in [6, 6.07) is 8.95. The lowest BCUT2D eigenvalue weighted by Gasteiger charge is -2.28. The highest BCUT2D eigenvalue weighted by Crippen LogP contribution is 2.23. The normalized spacial score (nSPS) is 25.3. The zero-order valence-corrected chi connectivity index (χ0v) is 13.1. The van der Waals surface area contributed by atoms with Crippen LogP contribution in [0.2, 0.25) is 0 Å². The third-order valence-electron chi connectivity index (χ3n) is 3.60. The zero-order chi connectivity index (χ0) is 13.0. The van der Waals surface area contributed by atoms with E-state index >= 15 is 0 Å². The van der Waals surface area contributed by atoms with Crippen LogP contribution in [0.15, 0.2) is 24.3 Å². The van der Waals surface area contributed by atoms with E-state index in [9.17, 15) is 0 Å². The van der Waals surface area contributed by atoms with Crippen LogP contribution in [0.4, 0.5) is 0 Å². The van der Waals surface area contributed by atoms with Gasteiger partial charge in [0.1, 0.15) is 5.60 Å². The average molecular weight is 361 g/mol. The fraction of sp³-hybridized carbons (Fsp3) is 0.571. The molecule has 0 amide bonds. The van der Waals surface area contributed by atoms with Gasteiger partial charge in [-0.25, -0.2) is 0 Å². The summed E-state index contributed by atoms with van der Waals surface area (Å²) in [5, 5.41) is 3.54. The second kappa shape index (κ2) is 6.32. The lowest BCUT2D eigenvalue weighted by molar-refractivity contribution is -0.0172. The lowest BCUT2D eigenvalue weighted by Crippen LogP contribution is -2.43. The van der Waals surface area contributed by atoms with E-state index in [1.54, 1.807) is 7.11 Å². The van der Waals surface area contributed by atoms with Crippen LogP contribution in [0, 0.1) is 3.57 Å². The first-order valence-electron chi connectivity index (χ1n) is 6.27. The molecule has 0 bridgehead atoms. The summed E-state index contributed by atoms with van der Waals surface area (Å²) in [6.07, 6.45) is 0.968. The van der Waals surface area contributed by atoms with E-state index in [0.717, 1.165) is 19.6 Å². The van der Waals surface area contributed by atoms with Crippen molar-refractivity contribution in [2.45, 2.75) is 25.0 Å². The van der Waals surface area contributed by atoms with Gasteiger partial charge in [0.2, 0.25) is 0 Å². The van der Waals surface area contributed by atoms with Gasteiger partial charge in [-0.2, -0.15) is 0 Å². The van der Waals surface area contributed by atoms with Crippen molar-refractivity contribution in [2.24, 2.45) is 0 Å². The number of hydrogen-bond donors (Lipinski definition) is 1. The molecule has 1 aliphatic rings. The van der Waals surface area contributed by atoms with Crippen LogP contribution in [-0.4, -0.2) is 32.5 Å². The number of ether oxygens (including phenoxy) is 2. The molecule has 1 aliphatic heterocycles. The van der Waals surface area contributed by atoms with Gasteiger partial charge in [-0.1, -0.05) is 12.1 Å². The van der Waals surface area contributed by atoms with Crippen LogP contribution in [0.5, 0.6) is 0 Å². The molecular weight excluding hydrogens is 341 g/mol. The van der Waals surface area contributed by atoms with Crippen molar-refractivity contribution in [1.29, 1.82) is 0 Å². The predicted molar refractivity (Wildman–Crippen MR) is 80.8 cm³/mol. The van der Waals surface area contributed by atoms with Crippen molar-refractivity contribution in [3.63, 3.8) is 0 Å². The molecule has 3 nitrogen and oxygen atoms in total. The summed E-state index contributed by atoms with van der Waals surface area (Å²) in [5.41, 5.74) is 1.16. The van der Waals surface area contributed by atoms with Crippen LogP contribution >= 0.6 is 22.6 Å². The number of methoxy groups -OCH3 is 1. The molecule has 4 heteroatoms. The third kappa shape index (κ3) is 3.44. The Balaban J connectivity index is 1.91. The molecule has 1 aromatic rings. The van der Waals surface area contributed by atoms with Crippen LogP contribution in [0.25, 0.3) is 0 Å². The second-order valence-corrected chi connectivity index (χ2v) is 6.09. The molecule has 1 fully saturated rings. The standard InChI is InChI=1S/C14H20INO2/c1-11(12-3-5-13(15)6-4-12)16-9-14(17-2)7-8-18-10-14/h3-6,11,16H,7-10H2,1-2H3. The first-order valence-corrected chi connectivity index (χ1v) is 7.35. The van der Waals surface area contributed by atoms with Gasteiger partial charge in [0.25, 0.3) is 0 Å². The topological polar surface area (TPSA) is 30.5 Å². The number of hydrogen-bond acceptors (Lipinski definition) is 3. The van der Waals surface area contributed by atoms with Gasteiger partial charge < -0.3 is 14.8 Å². The highest BCUT2D eigenvalue weighted by atomic mass is 127. The minimum Gasteiger partial charge on any atom is -0.378 e. The quantitative estimate of drug-likeness (QED) is 0.819. The monoisotopic (exact) mass is 361 g/mol. The molecule has 0 saturated carbocycles. The Morgan fingerprint density at radius 1 is 1.44 bits per heavy atom. The molecule has 1 aromatic carbocycles. The molecule has 0 aliphatic carbocycles. The Labute approximate surface area is 122 Å². The molecule has 2 atom stereocenters. The summed E-state index contributed by atoms with van der Waals surface area (Å²) in [5.74, 6) is 0. The van der Waals surface area contributed by atoms with Gasteiger partial charge in [-0.15, -0.1) is 0 Å². The molecule has 0 radical (unpaired) electrons. The summed E-state index contributed by atoms with van der Waals surface area (Å²) in [7, 11) is 1.77. The van der Waals surface area contributed by atoms with E-state index in [-0.39, 0.29) is 5.60 Å². The Morgan fingerprint density at radius 2 is 2.17 bits per heavy atom. The van der Waals surface area contributed by atoms with Crippen LogP contribution < -0.4 is 5.32 Å². The highest BCUT2D eigenvalue weighted by Gasteiger charge is 2.34. The number of benzene rings is 1. The molecule has 0 aromatic heterocycles. The number of nitrogens with one attached hydrogen (secondary N) is 1. The fourth-order valence-corrected chi connectivity index (χ4v) is 2.53. The largest absolute Gasteiger partial charge is 0.378 e. The molecule has 2 rings (SSSR count). The molecule has 1 heterocycles. The Hall–Kier alpha value is -0.170. The molecule has 1 N–H and O–H groups in total. The molecule has 0 spiro atoms. The van der Waals surface area contributed by atoms with Crippen molar-refractivity contribution < 1.29 is 9.47 Å².